The van der Waals surface area contributed by atoms with Crippen LogP contribution in [0.3, 0.4) is 0 Å². The van der Waals surface area contributed by atoms with Gasteiger partial charge in [0.25, 0.3) is 0 Å². The summed E-state index contributed by atoms with van der Waals surface area (Å²) in [4.78, 5) is 8.54. The Kier molecular flexibility index (Phi) is 7.38. The van der Waals surface area contributed by atoms with E-state index in [0.29, 0.717) is 17.6 Å². The predicted molar refractivity (Wildman–Crippen MR) is 116 cm³/mol. The van der Waals surface area contributed by atoms with E-state index in [9.17, 15) is 14.8 Å². The highest BCUT2D eigenvalue weighted by atomic mass is 31.1. The fourth-order valence-electron chi connectivity index (χ4n) is 3.96. The number of ether oxygens (including phenoxy) is 1. The Bertz CT molecular complexity index is 990. The molecule has 1 saturated heterocycles. The van der Waals surface area contributed by atoms with Gasteiger partial charge in [-0.05, 0) is 26.2 Å². The second kappa shape index (κ2) is 9.50. The van der Waals surface area contributed by atoms with Crippen LogP contribution in [-0.2, 0) is 20.9 Å². The summed E-state index contributed by atoms with van der Waals surface area (Å²) in [5, 5.41) is 29.5. The molecule has 174 valence electrons. The average molecular weight is 455 g/mol. The molecule has 0 saturated carbocycles. The van der Waals surface area contributed by atoms with Crippen molar-refractivity contribution < 1.29 is 24.0 Å². The lowest BCUT2D eigenvalue weighted by Gasteiger charge is -2.33. The van der Waals surface area contributed by atoms with Gasteiger partial charge in [-0.2, -0.15) is 0 Å². The molecule has 0 aliphatic carbocycles. The summed E-state index contributed by atoms with van der Waals surface area (Å²) in [6.07, 6.45) is 1.43. The highest BCUT2D eigenvalue weighted by Gasteiger charge is 2.47. The summed E-state index contributed by atoms with van der Waals surface area (Å²) in [7, 11) is -0.560. The highest BCUT2D eigenvalue weighted by molar-refractivity contribution is 7.40. The third-order valence-electron chi connectivity index (χ3n) is 6.36. The molecule has 3 unspecified atom stereocenters. The number of hydrogen-bond donors (Lipinski definition) is 3. The van der Waals surface area contributed by atoms with Gasteiger partial charge in [-0.15, -0.1) is 0 Å². The molecule has 6 atom stereocenters. The molecule has 3 N–H and O–H groups in total. The Labute approximate surface area is 182 Å². The van der Waals surface area contributed by atoms with E-state index in [2.05, 4.69) is 9.97 Å². The van der Waals surface area contributed by atoms with Gasteiger partial charge < -0.3 is 24.0 Å². The van der Waals surface area contributed by atoms with Crippen molar-refractivity contribution in [2.45, 2.75) is 89.2 Å². The van der Waals surface area contributed by atoms with Gasteiger partial charge in [-0.1, -0.05) is 20.8 Å². The van der Waals surface area contributed by atoms with Crippen LogP contribution in [-0.4, -0.2) is 58.9 Å². The van der Waals surface area contributed by atoms with E-state index < -0.39 is 38.2 Å². The molecule has 0 amide bonds. The number of imidazole rings is 1. The molecule has 1 fully saturated rings. The quantitative estimate of drug-likeness (QED) is 0.493. The van der Waals surface area contributed by atoms with Crippen LogP contribution in [0.1, 0.15) is 59.6 Å². The van der Waals surface area contributed by atoms with Gasteiger partial charge in [0.2, 0.25) is 0 Å². The maximum atomic E-state index is 12.7. The predicted octanol–water partition coefficient (Wildman–Crippen LogP) is 2.11. The van der Waals surface area contributed by atoms with E-state index in [1.807, 2.05) is 27.7 Å². The zero-order chi connectivity index (χ0) is 22.9. The van der Waals surface area contributed by atoms with Gasteiger partial charge in [-0.3, -0.25) is 14.5 Å². The van der Waals surface area contributed by atoms with Crippen molar-refractivity contribution in [1.82, 2.24) is 19.1 Å². The number of fused-ring (bicyclic) bond motifs is 1. The minimum Gasteiger partial charge on any atom is -0.388 e. The second-order valence-electron chi connectivity index (χ2n) is 8.52. The molecule has 10 nitrogen and oxygen atoms in total. The number of nitrogens with zero attached hydrogens (tertiary/aromatic N) is 4. The molecule has 2 aromatic heterocycles. The summed E-state index contributed by atoms with van der Waals surface area (Å²) in [6.45, 7) is 7.81. The largest absolute Gasteiger partial charge is 0.388 e. The topological polar surface area (TPSA) is 135 Å². The normalized spacial score (nSPS) is 27.1. The van der Waals surface area contributed by atoms with Crippen molar-refractivity contribution in [1.29, 1.82) is 5.41 Å². The van der Waals surface area contributed by atoms with Gasteiger partial charge in [0.1, 0.15) is 17.7 Å². The molecule has 11 heteroatoms. The van der Waals surface area contributed by atoms with Crippen LogP contribution < -0.4 is 5.49 Å². The molecule has 3 rings (SSSR count). The van der Waals surface area contributed by atoms with Crippen molar-refractivity contribution in [2.24, 2.45) is 7.05 Å². The Hall–Kier alpha value is -1.58. The molecule has 0 spiro atoms. The zero-order valence-electron chi connectivity index (χ0n) is 18.8. The van der Waals surface area contributed by atoms with Crippen LogP contribution in [0, 0.1) is 5.41 Å². The molecule has 2 aromatic rings. The molecule has 0 aromatic carbocycles. The third kappa shape index (κ3) is 4.64. The number of aliphatic hydroxyl groups excluding tert-OH is 2. The smallest absolute Gasteiger partial charge is 0.195 e. The van der Waals surface area contributed by atoms with Crippen molar-refractivity contribution in [2.75, 3.05) is 0 Å². The first-order valence-electron chi connectivity index (χ1n) is 10.8. The van der Waals surface area contributed by atoms with Crippen LogP contribution >= 0.6 is 8.03 Å². The molecule has 1 aliphatic rings. The lowest BCUT2D eigenvalue weighted by molar-refractivity contribution is -0.0622. The first kappa shape index (κ1) is 24.1. The first-order valence-corrected chi connectivity index (χ1v) is 12.2. The number of nitrogens with one attached hydrogen (secondary N) is 1. The fraction of sp³-hybridized carbons (Fsp3) is 0.750. The SMILES string of the molecule is CCC(CC)[PH](=O)OC(C)(CC)C[C@H]1OC(n2cnc3c(=N)n(C)cnc32)[C@H](O)[C@@H]1O. The number of hydrogen-bond acceptors (Lipinski definition) is 8. The number of rotatable bonds is 9. The van der Waals surface area contributed by atoms with Crippen LogP contribution in [0.5, 0.6) is 0 Å². The minimum absolute atomic E-state index is 0.0208. The monoisotopic (exact) mass is 455 g/mol. The Morgan fingerprint density at radius 3 is 2.55 bits per heavy atom. The molecule has 0 radical (unpaired) electrons. The average Bonchev–Trinajstić information content (AvgIpc) is 3.28. The van der Waals surface area contributed by atoms with Crippen molar-refractivity contribution >= 4 is 19.2 Å². The van der Waals surface area contributed by atoms with Crippen LogP contribution in [0.15, 0.2) is 12.7 Å². The lowest BCUT2D eigenvalue weighted by Crippen LogP contribution is -2.38. The van der Waals surface area contributed by atoms with E-state index >= 15 is 0 Å². The molecular weight excluding hydrogens is 421 g/mol. The van der Waals surface area contributed by atoms with E-state index in [1.165, 1.54) is 17.2 Å². The van der Waals surface area contributed by atoms with E-state index in [1.54, 1.807) is 11.6 Å². The molecular formula is C20H34N5O5P. The van der Waals surface area contributed by atoms with E-state index in [-0.39, 0.29) is 17.6 Å². The van der Waals surface area contributed by atoms with Gasteiger partial charge >= 0.3 is 0 Å². The first-order chi connectivity index (χ1) is 14.7. The van der Waals surface area contributed by atoms with Crippen molar-refractivity contribution in [3.8, 4) is 0 Å². The summed E-state index contributed by atoms with van der Waals surface area (Å²) in [5.41, 5.74) is 0.229. The second-order valence-corrected chi connectivity index (χ2v) is 10.2. The Morgan fingerprint density at radius 2 is 1.94 bits per heavy atom. The third-order valence-corrected chi connectivity index (χ3v) is 8.53. The van der Waals surface area contributed by atoms with Crippen LogP contribution in [0.25, 0.3) is 11.2 Å². The maximum absolute atomic E-state index is 12.7. The summed E-state index contributed by atoms with van der Waals surface area (Å²) in [6, 6.07) is 0. The summed E-state index contributed by atoms with van der Waals surface area (Å²) >= 11 is 0. The van der Waals surface area contributed by atoms with Crippen LogP contribution in [0.2, 0.25) is 0 Å². The van der Waals surface area contributed by atoms with Gasteiger partial charge in [-0.25, -0.2) is 9.97 Å². The molecule has 1 aliphatic heterocycles. The Balaban J connectivity index is 1.81. The van der Waals surface area contributed by atoms with Crippen molar-refractivity contribution in [3.63, 3.8) is 0 Å². The van der Waals surface area contributed by atoms with Crippen molar-refractivity contribution in [3.05, 3.63) is 18.1 Å². The van der Waals surface area contributed by atoms with Gasteiger partial charge in [0.15, 0.2) is 25.4 Å². The number of aromatic nitrogens is 4. The molecule has 3 heterocycles. The number of aliphatic hydroxyl groups is 2. The fourth-order valence-corrected chi connectivity index (χ4v) is 5.51. The minimum atomic E-state index is -2.26. The summed E-state index contributed by atoms with van der Waals surface area (Å²) < 4.78 is 27.9. The highest BCUT2D eigenvalue weighted by Crippen LogP contribution is 2.43. The Morgan fingerprint density at radius 1 is 1.26 bits per heavy atom. The molecule has 0 bridgehead atoms. The van der Waals surface area contributed by atoms with E-state index in [4.69, 9.17) is 14.7 Å². The lowest BCUT2D eigenvalue weighted by atomic mass is 9.93. The standard InChI is InChI=1S/C20H34N5O5P/c1-6-12(7-2)31(28)30-20(4,8-3)9-13-15(26)16(27)19(29-13)25-11-22-14-17(21)24(5)10-23-18(14)25/h10-13,15-16,19,21,26-27,31H,6-9H2,1-5H3/t13-,15-,16-,19?,20?/m1/s1. The summed E-state index contributed by atoms with van der Waals surface area (Å²) in [5.74, 6) is 0. The van der Waals surface area contributed by atoms with Gasteiger partial charge in [0, 0.05) is 19.1 Å². The maximum Gasteiger partial charge on any atom is 0.195 e. The zero-order valence-corrected chi connectivity index (χ0v) is 19.8. The van der Waals surface area contributed by atoms with Gasteiger partial charge in [0.05, 0.1) is 24.4 Å². The number of aryl methyl sites for hydroxylation is 1. The van der Waals surface area contributed by atoms with Crippen LogP contribution in [0.4, 0.5) is 0 Å². The van der Waals surface area contributed by atoms with E-state index in [0.717, 1.165) is 12.8 Å². The molecule has 31 heavy (non-hydrogen) atoms.